The topological polar surface area (TPSA) is 75.6 Å². The molecule has 3 aliphatic rings. The molecule has 1 aromatic carbocycles. The lowest BCUT2D eigenvalue weighted by Crippen LogP contribution is -2.72. The number of hydrogen-bond donors (Lipinski definition) is 2. The average molecular weight is 365 g/mol. The second-order valence-electron chi connectivity index (χ2n) is 8.49. The number of alkyl carbamates (subject to hydrolysis) is 1. The summed E-state index contributed by atoms with van der Waals surface area (Å²) in [7, 11) is 0. The van der Waals surface area contributed by atoms with Crippen molar-refractivity contribution in [3.8, 4) is 0 Å². The second-order valence-corrected chi connectivity index (χ2v) is 8.49. The minimum atomic E-state index is -2.56. The minimum absolute atomic E-state index is 0.0612. The number of hydrogen-bond acceptors (Lipinski definition) is 3. The number of alkyl halides is 2. The molecule has 1 amide bonds. The minimum Gasteiger partial charge on any atom is -0.480 e. The number of carbonyl (C=O) groups is 2. The molecule has 26 heavy (non-hydrogen) atoms. The lowest BCUT2D eigenvalue weighted by atomic mass is 9.36. The van der Waals surface area contributed by atoms with Gasteiger partial charge >= 0.3 is 12.1 Å². The molecule has 0 aliphatic heterocycles. The third kappa shape index (κ3) is 2.83. The van der Waals surface area contributed by atoms with Gasteiger partial charge in [0.25, 0.3) is 0 Å². The van der Waals surface area contributed by atoms with Crippen LogP contribution in [0.25, 0.3) is 0 Å². The van der Waals surface area contributed by atoms with Crippen LogP contribution in [0.15, 0.2) is 30.3 Å². The van der Waals surface area contributed by atoms with Crippen LogP contribution in [0.4, 0.5) is 13.6 Å². The molecule has 140 valence electrons. The van der Waals surface area contributed by atoms with E-state index in [2.05, 4.69) is 5.32 Å². The van der Waals surface area contributed by atoms with Crippen molar-refractivity contribution in [1.82, 2.24) is 5.32 Å². The summed E-state index contributed by atoms with van der Waals surface area (Å²) in [6.07, 6.45) is 0.876. The molecule has 2 N–H and O–H groups in total. The lowest BCUT2D eigenvalue weighted by molar-refractivity contribution is -0.260. The van der Waals surface area contributed by atoms with Gasteiger partial charge in [-0.15, -0.1) is 0 Å². The number of benzene rings is 1. The van der Waals surface area contributed by atoms with E-state index in [-0.39, 0.29) is 43.1 Å². The molecule has 1 aromatic rings. The number of aliphatic carboxylic acids is 1. The fourth-order valence-corrected chi connectivity index (χ4v) is 5.56. The highest BCUT2D eigenvalue weighted by Crippen LogP contribution is 2.75. The summed E-state index contributed by atoms with van der Waals surface area (Å²) >= 11 is 0. The van der Waals surface area contributed by atoms with Gasteiger partial charge in [0.15, 0.2) is 0 Å². The van der Waals surface area contributed by atoms with Gasteiger partial charge in [0.2, 0.25) is 5.92 Å². The maximum atomic E-state index is 13.1. The molecule has 0 bridgehead atoms. The standard InChI is InChI=1S/C19H21F2NO4/c20-19(21)11-17(12-19)7-16(8-17)9-18(10-16,14(23)24)22-15(25)26-6-13-4-2-1-3-5-13/h1-5H,6-12H2,(H,22,25)(H,23,24). The van der Waals surface area contributed by atoms with Crippen LogP contribution in [-0.4, -0.2) is 28.6 Å². The normalized spacial score (nSPS) is 25.5. The summed E-state index contributed by atoms with van der Waals surface area (Å²) in [5, 5.41) is 12.1. The van der Waals surface area contributed by atoms with E-state index < -0.39 is 23.5 Å². The maximum absolute atomic E-state index is 13.1. The quantitative estimate of drug-likeness (QED) is 0.853. The Morgan fingerprint density at radius 1 is 1.00 bits per heavy atom. The Morgan fingerprint density at radius 3 is 2.12 bits per heavy atom. The number of nitrogens with one attached hydrogen (secondary N) is 1. The van der Waals surface area contributed by atoms with Gasteiger partial charge in [-0.05, 0) is 42.1 Å². The van der Waals surface area contributed by atoms with E-state index in [0.717, 1.165) is 5.56 Å². The Hall–Kier alpha value is -2.18. The first-order valence-electron chi connectivity index (χ1n) is 8.76. The number of carboxylic acids is 1. The molecule has 0 unspecified atom stereocenters. The Bertz CT molecular complexity index is 725. The van der Waals surface area contributed by atoms with E-state index in [1.54, 1.807) is 12.1 Å². The van der Waals surface area contributed by atoms with Crippen LogP contribution >= 0.6 is 0 Å². The van der Waals surface area contributed by atoms with Crippen LogP contribution in [0, 0.1) is 10.8 Å². The van der Waals surface area contributed by atoms with Gasteiger partial charge in [0, 0.05) is 12.8 Å². The number of rotatable bonds is 4. The van der Waals surface area contributed by atoms with E-state index >= 15 is 0 Å². The number of carbonyl (C=O) groups excluding carboxylic acids is 1. The lowest BCUT2D eigenvalue weighted by Gasteiger charge is -2.70. The van der Waals surface area contributed by atoms with Crippen molar-refractivity contribution >= 4 is 12.1 Å². The van der Waals surface area contributed by atoms with Gasteiger partial charge in [0.05, 0.1) is 0 Å². The van der Waals surface area contributed by atoms with Gasteiger partial charge in [-0.25, -0.2) is 18.4 Å². The van der Waals surface area contributed by atoms with Crippen LogP contribution in [-0.2, 0) is 16.1 Å². The van der Waals surface area contributed by atoms with Gasteiger partial charge in [0.1, 0.15) is 12.1 Å². The van der Waals surface area contributed by atoms with E-state index in [0.29, 0.717) is 12.8 Å². The van der Waals surface area contributed by atoms with Gasteiger partial charge in [-0.1, -0.05) is 30.3 Å². The van der Waals surface area contributed by atoms with Crippen LogP contribution in [0.2, 0.25) is 0 Å². The number of halogens is 2. The van der Waals surface area contributed by atoms with Crippen LogP contribution in [0.1, 0.15) is 44.1 Å². The highest BCUT2D eigenvalue weighted by atomic mass is 19.3. The largest absolute Gasteiger partial charge is 0.480 e. The Kier molecular flexibility index (Phi) is 3.59. The van der Waals surface area contributed by atoms with Crippen molar-refractivity contribution in [2.24, 2.45) is 10.8 Å². The molecule has 0 saturated heterocycles. The third-order valence-electron chi connectivity index (χ3n) is 6.08. The average Bonchev–Trinajstić information content (AvgIpc) is 2.48. The number of ether oxygens (including phenoxy) is 1. The Morgan fingerprint density at radius 2 is 1.58 bits per heavy atom. The zero-order chi connectivity index (χ0) is 18.6. The maximum Gasteiger partial charge on any atom is 0.408 e. The summed E-state index contributed by atoms with van der Waals surface area (Å²) in [6.45, 7) is 0.0612. The van der Waals surface area contributed by atoms with Crippen molar-refractivity contribution in [1.29, 1.82) is 0 Å². The smallest absolute Gasteiger partial charge is 0.408 e. The fourth-order valence-electron chi connectivity index (χ4n) is 5.56. The van der Waals surface area contributed by atoms with E-state index in [4.69, 9.17) is 4.74 Å². The predicted octanol–water partition coefficient (Wildman–Crippen LogP) is 3.73. The van der Waals surface area contributed by atoms with Crippen molar-refractivity contribution < 1.29 is 28.2 Å². The Balaban J connectivity index is 1.31. The summed E-state index contributed by atoms with van der Waals surface area (Å²) in [5.74, 6) is -3.66. The van der Waals surface area contributed by atoms with Gasteiger partial charge in [-0.2, -0.15) is 0 Å². The molecule has 0 aromatic heterocycles. The molecule has 5 nitrogen and oxygen atoms in total. The molecule has 7 heteroatoms. The van der Waals surface area contributed by atoms with Crippen LogP contribution in [0.5, 0.6) is 0 Å². The van der Waals surface area contributed by atoms with Crippen molar-refractivity contribution in [3.63, 3.8) is 0 Å². The molecule has 3 aliphatic carbocycles. The SMILES string of the molecule is O=C(NC1(C(=O)O)CC2(CC3(CC(F)(F)C3)C2)C1)OCc1ccccc1. The summed E-state index contributed by atoms with van der Waals surface area (Å²) in [6, 6.07) is 9.10. The molecular formula is C19H21F2NO4. The van der Waals surface area contributed by atoms with E-state index in [1.165, 1.54) is 0 Å². The molecule has 0 radical (unpaired) electrons. The first-order chi connectivity index (χ1) is 12.2. The van der Waals surface area contributed by atoms with Crippen LogP contribution in [0.3, 0.4) is 0 Å². The molecule has 4 rings (SSSR count). The van der Waals surface area contributed by atoms with Gasteiger partial charge in [-0.3, -0.25) is 0 Å². The predicted molar refractivity (Wildman–Crippen MR) is 87.6 cm³/mol. The summed E-state index contributed by atoms with van der Waals surface area (Å²) < 4.78 is 31.4. The zero-order valence-corrected chi connectivity index (χ0v) is 14.3. The van der Waals surface area contributed by atoms with Crippen molar-refractivity contribution in [2.45, 2.75) is 56.6 Å². The zero-order valence-electron chi connectivity index (χ0n) is 14.3. The highest BCUT2D eigenvalue weighted by molar-refractivity contribution is 5.86. The summed E-state index contributed by atoms with van der Waals surface area (Å²) in [4.78, 5) is 23.7. The number of carboxylic acid groups (broad SMARTS) is 1. The van der Waals surface area contributed by atoms with E-state index in [9.17, 15) is 23.5 Å². The molecule has 3 saturated carbocycles. The van der Waals surface area contributed by atoms with Crippen molar-refractivity contribution in [2.75, 3.05) is 0 Å². The molecule has 0 atom stereocenters. The molecule has 3 fully saturated rings. The van der Waals surface area contributed by atoms with Crippen LogP contribution < -0.4 is 5.32 Å². The van der Waals surface area contributed by atoms with Gasteiger partial charge < -0.3 is 15.2 Å². The first-order valence-corrected chi connectivity index (χ1v) is 8.76. The second kappa shape index (κ2) is 5.41. The molecule has 2 spiro atoms. The summed E-state index contributed by atoms with van der Waals surface area (Å²) in [5.41, 5.74) is -1.06. The third-order valence-corrected chi connectivity index (χ3v) is 6.08. The van der Waals surface area contributed by atoms with Crippen molar-refractivity contribution in [3.05, 3.63) is 35.9 Å². The highest BCUT2D eigenvalue weighted by Gasteiger charge is 2.73. The number of amides is 1. The Labute approximate surface area is 149 Å². The monoisotopic (exact) mass is 365 g/mol. The molecular weight excluding hydrogens is 344 g/mol. The fraction of sp³-hybridized carbons (Fsp3) is 0.579. The van der Waals surface area contributed by atoms with E-state index in [1.807, 2.05) is 18.2 Å². The first kappa shape index (κ1) is 17.2. The molecule has 0 heterocycles.